The first-order chi connectivity index (χ1) is 10.9. The van der Waals surface area contributed by atoms with Gasteiger partial charge in [0.1, 0.15) is 0 Å². The number of nitrogens with two attached hydrogens (primary N) is 1. The van der Waals surface area contributed by atoms with Crippen molar-refractivity contribution in [1.29, 1.82) is 0 Å². The molecular formula is C18H24Cl2N2O. The maximum atomic E-state index is 13.3. The zero-order chi connectivity index (χ0) is 16.6. The number of carbonyl (C=O) groups excluding carboxylic acids is 1. The lowest BCUT2D eigenvalue weighted by atomic mass is 9.63. The molecule has 5 heteroatoms. The molecule has 0 spiro atoms. The summed E-state index contributed by atoms with van der Waals surface area (Å²) in [5.41, 5.74) is 6.66. The Kier molecular flexibility index (Phi) is 4.91. The summed E-state index contributed by atoms with van der Waals surface area (Å²) < 4.78 is 0. The topological polar surface area (TPSA) is 46.3 Å². The van der Waals surface area contributed by atoms with Crippen molar-refractivity contribution in [2.75, 3.05) is 13.1 Å². The molecule has 1 amide bonds. The molecule has 1 aliphatic heterocycles. The monoisotopic (exact) mass is 354 g/mol. The van der Waals surface area contributed by atoms with E-state index < -0.39 is 5.41 Å². The highest BCUT2D eigenvalue weighted by atomic mass is 35.5. The van der Waals surface area contributed by atoms with Crippen molar-refractivity contribution >= 4 is 29.1 Å². The van der Waals surface area contributed by atoms with Gasteiger partial charge < -0.3 is 10.6 Å². The standard InChI is InChI=1S/C18H24Cl2N2O/c1-12(21)13-4-2-9-22(11-13)17(23)18(7-3-8-18)14-5-6-15(19)16(20)10-14/h5-6,10,12-13H,2-4,7-9,11,21H2,1H3. The van der Waals surface area contributed by atoms with Crippen LogP contribution in [0, 0.1) is 5.92 Å². The highest BCUT2D eigenvalue weighted by Crippen LogP contribution is 2.47. The molecule has 2 fully saturated rings. The van der Waals surface area contributed by atoms with Crippen molar-refractivity contribution in [2.24, 2.45) is 11.7 Å². The molecular weight excluding hydrogens is 331 g/mol. The molecule has 2 N–H and O–H groups in total. The molecule has 1 saturated heterocycles. The Morgan fingerprint density at radius 3 is 2.61 bits per heavy atom. The Morgan fingerprint density at radius 1 is 1.30 bits per heavy atom. The first-order valence-corrected chi connectivity index (χ1v) is 9.20. The van der Waals surface area contributed by atoms with Crippen molar-refractivity contribution in [3.8, 4) is 0 Å². The van der Waals surface area contributed by atoms with Gasteiger partial charge in [0.25, 0.3) is 0 Å². The number of halogens is 2. The van der Waals surface area contributed by atoms with Gasteiger partial charge in [-0.25, -0.2) is 0 Å². The van der Waals surface area contributed by atoms with Crippen LogP contribution in [-0.4, -0.2) is 29.9 Å². The summed E-state index contributed by atoms with van der Waals surface area (Å²) in [5, 5.41) is 1.06. The molecule has 0 aromatic heterocycles. The Bertz CT molecular complexity index is 599. The number of rotatable bonds is 3. The molecule has 1 aromatic rings. The Hall–Kier alpha value is -0.770. The summed E-state index contributed by atoms with van der Waals surface area (Å²) in [6, 6.07) is 5.76. The second-order valence-electron chi connectivity index (χ2n) is 7.08. The minimum absolute atomic E-state index is 0.132. The van der Waals surface area contributed by atoms with E-state index in [4.69, 9.17) is 28.9 Å². The number of hydrogen-bond donors (Lipinski definition) is 1. The lowest BCUT2D eigenvalue weighted by molar-refractivity contribution is -0.143. The molecule has 1 heterocycles. The van der Waals surface area contributed by atoms with Crippen LogP contribution in [0.25, 0.3) is 0 Å². The van der Waals surface area contributed by atoms with Gasteiger partial charge in [0.15, 0.2) is 0 Å². The maximum Gasteiger partial charge on any atom is 0.233 e. The second kappa shape index (κ2) is 6.62. The van der Waals surface area contributed by atoms with Crippen LogP contribution in [0.1, 0.15) is 44.6 Å². The minimum atomic E-state index is -0.409. The molecule has 3 nitrogen and oxygen atoms in total. The van der Waals surface area contributed by atoms with Gasteiger partial charge in [0, 0.05) is 19.1 Å². The molecule has 23 heavy (non-hydrogen) atoms. The van der Waals surface area contributed by atoms with Crippen LogP contribution in [0.3, 0.4) is 0 Å². The molecule has 0 bridgehead atoms. The SMILES string of the molecule is CC(N)C1CCCN(C(=O)C2(c3ccc(Cl)c(Cl)c3)CCC2)C1. The van der Waals surface area contributed by atoms with Crippen molar-refractivity contribution in [3.63, 3.8) is 0 Å². The van der Waals surface area contributed by atoms with E-state index in [0.29, 0.717) is 16.0 Å². The van der Waals surface area contributed by atoms with Gasteiger partial charge in [-0.2, -0.15) is 0 Å². The predicted octanol–water partition coefficient (Wildman–Crippen LogP) is 4.00. The van der Waals surface area contributed by atoms with Crippen molar-refractivity contribution in [2.45, 2.75) is 50.5 Å². The van der Waals surface area contributed by atoms with Crippen molar-refractivity contribution in [1.82, 2.24) is 4.90 Å². The van der Waals surface area contributed by atoms with E-state index in [9.17, 15) is 4.79 Å². The fourth-order valence-corrected chi connectivity index (χ4v) is 4.17. The fraction of sp³-hybridized carbons (Fsp3) is 0.611. The van der Waals surface area contributed by atoms with E-state index >= 15 is 0 Å². The van der Waals surface area contributed by atoms with Gasteiger partial charge in [-0.3, -0.25) is 4.79 Å². The fourth-order valence-electron chi connectivity index (χ4n) is 3.88. The number of likely N-dealkylation sites (tertiary alicyclic amines) is 1. The maximum absolute atomic E-state index is 13.3. The third-order valence-electron chi connectivity index (χ3n) is 5.58. The van der Waals surface area contributed by atoms with Crippen LogP contribution in [0.2, 0.25) is 10.0 Å². The number of piperidine rings is 1. The predicted molar refractivity (Wildman–Crippen MR) is 94.9 cm³/mol. The highest BCUT2D eigenvalue weighted by Gasteiger charge is 2.48. The van der Waals surface area contributed by atoms with Crippen molar-refractivity contribution < 1.29 is 4.79 Å². The van der Waals surface area contributed by atoms with Gasteiger partial charge in [-0.1, -0.05) is 35.7 Å². The zero-order valence-corrected chi connectivity index (χ0v) is 15.0. The highest BCUT2D eigenvalue weighted by molar-refractivity contribution is 6.42. The number of carbonyl (C=O) groups is 1. The number of hydrogen-bond acceptors (Lipinski definition) is 2. The van der Waals surface area contributed by atoms with E-state index in [1.165, 1.54) is 0 Å². The van der Waals surface area contributed by atoms with E-state index in [1.54, 1.807) is 6.07 Å². The number of amides is 1. The number of nitrogens with zero attached hydrogens (tertiary/aromatic N) is 1. The van der Waals surface area contributed by atoms with Gasteiger partial charge in [0.05, 0.1) is 15.5 Å². The van der Waals surface area contributed by atoms with E-state index in [-0.39, 0.29) is 11.9 Å². The Balaban J connectivity index is 1.84. The molecule has 0 radical (unpaired) electrons. The molecule has 2 atom stereocenters. The van der Waals surface area contributed by atoms with Crippen LogP contribution in [-0.2, 0) is 10.2 Å². The van der Waals surface area contributed by atoms with Gasteiger partial charge in [0.2, 0.25) is 5.91 Å². The van der Waals surface area contributed by atoms with Gasteiger partial charge in [-0.05, 0) is 56.2 Å². The van der Waals surface area contributed by atoms with Crippen LogP contribution >= 0.6 is 23.2 Å². The third-order valence-corrected chi connectivity index (χ3v) is 6.32. The first kappa shape index (κ1) is 17.1. The van der Waals surface area contributed by atoms with Crippen LogP contribution in [0.4, 0.5) is 0 Å². The average Bonchev–Trinajstić information content (AvgIpc) is 2.49. The van der Waals surface area contributed by atoms with E-state index in [2.05, 4.69) is 0 Å². The molecule has 1 aliphatic carbocycles. The molecule has 2 unspecified atom stereocenters. The summed E-state index contributed by atoms with van der Waals surface area (Å²) in [4.78, 5) is 15.3. The van der Waals surface area contributed by atoms with E-state index in [0.717, 1.165) is 50.8 Å². The van der Waals surface area contributed by atoms with Crippen LogP contribution in [0.15, 0.2) is 18.2 Å². The minimum Gasteiger partial charge on any atom is -0.342 e. The Labute approximate surface area is 148 Å². The quantitative estimate of drug-likeness (QED) is 0.891. The summed E-state index contributed by atoms with van der Waals surface area (Å²) in [5.74, 6) is 0.645. The molecule has 126 valence electrons. The van der Waals surface area contributed by atoms with Crippen LogP contribution < -0.4 is 5.73 Å². The smallest absolute Gasteiger partial charge is 0.233 e. The number of benzene rings is 1. The lowest BCUT2D eigenvalue weighted by Crippen LogP contribution is -2.54. The van der Waals surface area contributed by atoms with Gasteiger partial charge in [-0.15, -0.1) is 0 Å². The molecule has 3 rings (SSSR count). The molecule has 1 aromatic carbocycles. The van der Waals surface area contributed by atoms with E-state index in [1.807, 2.05) is 24.0 Å². The second-order valence-corrected chi connectivity index (χ2v) is 7.89. The normalized spacial score (nSPS) is 24.9. The zero-order valence-electron chi connectivity index (χ0n) is 13.5. The third kappa shape index (κ3) is 3.11. The average molecular weight is 355 g/mol. The molecule has 1 saturated carbocycles. The summed E-state index contributed by atoms with van der Waals surface area (Å²) in [7, 11) is 0. The summed E-state index contributed by atoms with van der Waals surface area (Å²) >= 11 is 12.2. The Morgan fingerprint density at radius 2 is 2.04 bits per heavy atom. The van der Waals surface area contributed by atoms with Gasteiger partial charge >= 0.3 is 0 Å². The first-order valence-electron chi connectivity index (χ1n) is 8.44. The van der Waals surface area contributed by atoms with Crippen molar-refractivity contribution in [3.05, 3.63) is 33.8 Å². The lowest BCUT2D eigenvalue weighted by Gasteiger charge is -2.46. The van der Waals surface area contributed by atoms with Crippen LogP contribution in [0.5, 0.6) is 0 Å². The summed E-state index contributed by atoms with van der Waals surface area (Å²) in [6.07, 6.45) is 5.01. The largest absolute Gasteiger partial charge is 0.342 e. The molecule has 2 aliphatic rings. The summed E-state index contributed by atoms with van der Waals surface area (Å²) in [6.45, 7) is 3.65.